The molecule has 1 saturated heterocycles. The van der Waals surface area contributed by atoms with Gasteiger partial charge in [-0.05, 0) is 12.8 Å². The number of nitrogens with zero attached hydrogens (tertiary/aromatic N) is 3. The summed E-state index contributed by atoms with van der Waals surface area (Å²) in [6, 6.07) is 0. The van der Waals surface area contributed by atoms with Crippen LogP contribution in [-0.2, 0) is 17.1 Å². The Labute approximate surface area is 114 Å². The largest absolute Gasteiger partial charge is 0.261 e. The molecule has 2 rings (SSSR count). The smallest absolute Gasteiger partial charge is 0.255 e. The first-order chi connectivity index (χ1) is 7.93. The summed E-state index contributed by atoms with van der Waals surface area (Å²) in [4.78, 5) is 0.399. The van der Waals surface area contributed by atoms with E-state index >= 15 is 0 Å². The fourth-order valence-electron chi connectivity index (χ4n) is 1.88. The van der Waals surface area contributed by atoms with Crippen LogP contribution in [0.2, 0.25) is 5.02 Å². The van der Waals surface area contributed by atoms with Crippen LogP contribution in [0.4, 0.5) is 0 Å². The highest BCUT2D eigenvalue weighted by Gasteiger charge is 2.32. The SMILES string of the molecule is Cn1ncc(Cl)c1S(=O)(=O)N1CCC(Br)CC1. The summed E-state index contributed by atoms with van der Waals surface area (Å²) in [5, 5.41) is 4.11. The maximum atomic E-state index is 12.4. The third-order valence-corrected chi connectivity index (χ3v) is 6.13. The molecule has 2 heterocycles. The lowest BCUT2D eigenvalue weighted by Crippen LogP contribution is -2.39. The second-order valence-electron chi connectivity index (χ2n) is 4.00. The number of rotatable bonds is 2. The highest BCUT2D eigenvalue weighted by Crippen LogP contribution is 2.27. The molecule has 0 bridgehead atoms. The molecule has 1 aliphatic heterocycles. The Balaban J connectivity index is 2.31. The molecule has 17 heavy (non-hydrogen) atoms. The van der Waals surface area contributed by atoms with Crippen LogP contribution in [0, 0.1) is 0 Å². The van der Waals surface area contributed by atoms with Gasteiger partial charge in [-0.3, -0.25) is 4.68 Å². The van der Waals surface area contributed by atoms with Gasteiger partial charge in [0.15, 0.2) is 5.03 Å². The molecule has 0 radical (unpaired) electrons. The monoisotopic (exact) mass is 341 g/mol. The topological polar surface area (TPSA) is 55.2 Å². The standard InChI is InChI=1S/C9H13BrClN3O2S/c1-13-9(8(11)6-12-13)17(15,16)14-4-2-7(10)3-5-14/h6-7H,2-5H2,1H3. The minimum absolute atomic E-state index is 0.0761. The quantitative estimate of drug-likeness (QED) is 0.768. The second kappa shape index (κ2) is 4.87. The Morgan fingerprint density at radius 3 is 2.53 bits per heavy atom. The summed E-state index contributed by atoms with van der Waals surface area (Å²) in [7, 11) is -1.94. The van der Waals surface area contributed by atoms with Crippen LogP contribution in [0.15, 0.2) is 11.2 Å². The lowest BCUT2D eigenvalue weighted by molar-refractivity contribution is 0.351. The fraction of sp³-hybridized carbons (Fsp3) is 0.667. The molecule has 0 aromatic carbocycles. The molecular weight excluding hydrogens is 330 g/mol. The second-order valence-corrected chi connectivity index (χ2v) is 7.56. The van der Waals surface area contributed by atoms with Gasteiger partial charge in [-0.2, -0.15) is 9.40 Å². The molecule has 1 aliphatic rings. The lowest BCUT2D eigenvalue weighted by atomic mass is 10.2. The molecule has 0 aliphatic carbocycles. The summed E-state index contributed by atoms with van der Waals surface area (Å²) in [6.45, 7) is 1.03. The normalized spacial score (nSPS) is 19.7. The number of piperidine rings is 1. The molecule has 0 amide bonds. The highest BCUT2D eigenvalue weighted by atomic mass is 79.9. The number of aromatic nitrogens is 2. The van der Waals surface area contributed by atoms with Crippen molar-refractivity contribution in [3.63, 3.8) is 0 Å². The van der Waals surface area contributed by atoms with Gasteiger partial charge in [-0.15, -0.1) is 0 Å². The van der Waals surface area contributed by atoms with Crippen LogP contribution >= 0.6 is 27.5 Å². The summed E-state index contributed by atoms with van der Waals surface area (Å²) in [5.41, 5.74) is 0. The van der Waals surface area contributed by atoms with E-state index in [-0.39, 0.29) is 10.0 Å². The van der Waals surface area contributed by atoms with Crippen molar-refractivity contribution in [2.75, 3.05) is 13.1 Å². The van der Waals surface area contributed by atoms with Crippen LogP contribution in [0.25, 0.3) is 0 Å². The molecule has 0 atom stereocenters. The molecular formula is C9H13BrClN3O2S. The van der Waals surface area contributed by atoms with E-state index in [1.807, 2.05) is 0 Å². The average molecular weight is 343 g/mol. The molecule has 0 N–H and O–H groups in total. The van der Waals surface area contributed by atoms with E-state index in [1.165, 1.54) is 15.2 Å². The predicted molar refractivity (Wildman–Crippen MR) is 68.9 cm³/mol. The Morgan fingerprint density at radius 1 is 1.47 bits per heavy atom. The van der Waals surface area contributed by atoms with Crippen LogP contribution in [-0.4, -0.2) is 40.4 Å². The number of hydrogen-bond donors (Lipinski definition) is 0. The van der Waals surface area contributed by atoms with E-state index in [4.69, 9.17) is 11.6 Å². The van der Waals surface area contributed by atoms with Crippen molar-refractivity contribution in [3.8, 4) is 0 Å². The van der Waals surface area contributed by atoms with E-state index < -0.39 is 10.0 Å². The maximum absolute atomic E-state index is 12.4. The minimum Gasteiger partial charge on any atom is -0.255 e. The molecule has 0 unspecified atom stereocenters. The van der Waals surface area contributed by atoms with Gasteiger partial charge in [0, 0.05) is 25.0 Å². The summed E-state index contributed by atoms with van der Waals surface area (Å²) in [6.07, 6.45) is 2.98. The van der Waals surface area contributed by atoms with E-state index in [0.717, 1.165) is 12.8 Å². The molecule has 5 nitrogen and oxygen atoms in total. The first kappa shape index (κ1) is 13.3. The van der Waals surface area contributed by atoms with Gasteiger partial charge in [0.1, 0.15) is 0 Å². The van der Waals surface area contributed by atoms with Crippen molar-refractivity contribution in [1.29, 1.82) is 0 Å². The fourth-order valence-corrected chi connectivity index (χ4v) is 4.36. The number of hydrogen-bond acceptors (Lipinski definition) is 3. The van der Waals surface area contributed by atoms with Crippen LogP contribution < -0.4 is 0 Å². The average Bonchev–Trinajstić information content (AvgIpc) is 2.59. The Hall–Kier alpha value is -0.110. The van der Waals surface area contributed by atoms with Gasteiger partial charge < -0.3 is 0 Å². The Kier molecular flexibility index (Phi) is 3.82. The number of aryl methyl sites for hydroxylation is 1. The van der Waals surface area contributed by atoms with Crippen molar-refractivity contribution in [2.24, 2.45) is 7.05 Å². The number of halogens is 2. The lowest BCUT2D eigenvalue weighted by Gasteiger charge is -2.28. The molecule has 96 valence electrons. The van der Waals surface area contributed by atoms with E-state index in [9.17, 15) is 8.42 Å². The van der Waals surface area contributed by atoms with Gasteiger partial charge in [0.25, 0.3) is 10.0 Å². The summed E-state index contributed by atoms with van der Waals surface area (Å²) < 4.78 is 27.5. The van der Waals surface area contributed by atoms with E-state index in [2.05, 4.69) is 21.0 Å². The summed E-state index contributed by atoms with van der Waals surface area (Å²) in [5.74, 6) is 0. The Bertz CT molecular complexity index is 489. The van der Waals surface area contributed by atoms with Crippen molar-refractivity contribution < 1.29 is 8.42 Å². The zero-order valence-electron chi connectivity index (χ0n) is 9.31. The van der Waals surface area contributed by atoms with Gasteiger partial charge in [-0.1, -0.05) is 27.5 Å². The summed E-state index contributed by atoms with van der Waals surface area (Å²) >= 11 is 9.37. The minimum atomic E-state index is -3.52. The molecule has 1 aromatic heterocycles. The molecule has 0 saturated carbocycles. The number of sulfonamides is 1. The molecule has 1 aromatic rings. The van der Waals surface area contributed by atoms with Crippen molar-refractivity contribution >= 4 is 37.6 Å². The highest BCUT2D eigenvalue weighted by molar-refractivity contribution is 9.09. The molecule has 8 heteroatoms. The third-order valence-electron chi connectivity index (χ3n) is 2.81. The maximum Gasteiger partial charge on any atom is 0.261 e. The van der Waals surface area contributed by atoms with Gasteiger partial charge in [-0.25, -0.2) is 8.42 Å². The van der Waals surface area contributed by atoms with Crippen molar-refractivity contribution in [1.82, 2.24) is 14.1 Å². The predicted octanol–water partition coefficient (Wildman–Crippen LogP) is 1.62. The van der Waals surface area contributed by atoms with Gasteiger partial charge >= 0.3 is 0 Å². The first-order valence-corrected chi connectivity index (χ1v) is 7.98. The van der Waals surface area contributed by atoms with Crippen LogP contribution in [0.1, 0.15) is 12.8 Å². The van der Waals surface area contributed by atoms with Crippen molar-refractivity contribution in [3.05, 3.63) is 11.2 Å². The van der Waals surface area contributed by atoms with Gasteiger partial charge in [0.05, 0.1) is 11.2 Å². The third kappa shape index (κ3) is 2.52. The van der Waals surface area contributed by atoms with E-state index in [1.54, 1.807) is 7.05 Å². The van der Waals surface area contributed by atoms with Crippen LogP contribution in [0.3, 0.4) is 0 Å². The van der Waals surface area contributed by atoms with Crippen LogP contribution in [0.5, 0.6) is 0 Å². The zero-order valence-corrected chi connectivity index (χ0v) is 12.5. The van der Waals surface area contributed by atoms with Crippen molar-refractivity contribution in [2.45, 2.75) is 22.7 Å². The van der Waals surface area contributed by atoms with Gasteiger partial charge in [0.2, 0.25) is 0 Å². The first-order valence-electron chi connectivity index (χ1n) is 5.24. The molecule has 0 spiro atoms. The molecule has 1 fully saturated rings. The zero-order chi connectivity index (χ0) is 12.6. The van der Waals surface area contributed by atoms with E-state index in [0.29, 0.717) is 17.9 Å². The number of alkyl halides is 1. The Morgan fingerprint density at radius 2 is 2.06 bits per heavy atom.